The maximum absolute atomic E-state index is 3.59. The van der Waals surface area contributed by atoms with Crippen LogP contribution in [0, 0.1) is 6.92 Å². The van der Waals surface area contributed by atoms with Gasteiger partial charge in [0, 0.05) is 33.9 Å². The Labute approximate surface area is 128 Å². The zero-order valence-corrected chi connectivity index (χ0v) is 14.8. The minimum atomic E-state index is 0.189. The Morgan fingerprint density at radius 2 is 2.05 bits per heavy atom. The minimum Gasteiger partial charge on any atom is -0.307 e. The Bertz CT molecular complexity index is 454. The van der Waals surface area contributed by atoms with E-state index in [2.05, 4.69) is 57.8 Å². The molecule has 1 aromatic heterocycles. The van der Waals surface area contributed by atoms with Crippen molar-refractivity contribution >= 4 is 11.3 Å². The first-order valence-electron chi connectivity index (χ1n) is 7.76. The topological polar surface area (TPSA) is 15.3 Å². The van der Waals surface area contributed by atoms with Gasteiger partial charge in [-0.15, -0.1) is 11.3 Å². The van der Waals surface area contributed by atoms with Crippen LogP contribution in [-0.4, -0.2) is 22.5 Å². The highest BCUT2D eigenvalue weighted by atomic mass is 32.1. The summed E-state index contributed by atoms with van der Waals surface area (Å²) in [5.41, 5.74) is 2.09. The van der Waals surface area contributed by atoms with E-state index in [1.165, 1.54) is 34.7 Å². The molecule has 1 saturated heterocycles. The number of aryl methyl sites for hydroxylation is 1. The molecule has 20 heavy (non-hydrogen) atoms. The molecule has 0 unspecified atom stereocenters. The van der Waals surface area contributed by atoms with Gasteiger partial charge < -0.3 is 5.32 Å². The predicted octanol–water partition coefficient (Wildman–Crippen LogP) is 4.32. The van der Waals surface area contributed by atoms with Gasteiger partial charge in [0.25, 0.3) is 0 Å². The van der Waals surface area contributed by atoms with E-state index in [4.69, 9.17) is 0 Å². The molecule has 0 atom stereocenters. The molecule has 3 heteroatoms. The number of nitrogens with zero attached hydrogens (tertiary/aromatic N) is 1. The van der Waals surface area contributed by atoms with E-state index in [0.717, 1.165) is 13.1 Å². The summed E-state index contributed by atoms with van der Waals surface area (Å²) >= 11 is 1.95. The molecule has 0 saturated carbocycles. The van der Waals surface area contributed by atoms with Crippen LogP contribution in [0.15, 0.2) is 6.07 Å². The van der Waals surface area contributed by atoms with E-state index >= 15 is 0 Å². The normalized spacial score (nSPS) is 19.7. The summed E-state index contributed by atoms with van der Waals surface area (Å²) in [5.74, 6) is 0. The molecule has 2 nitrogen and oxygen atoms in total. The number of hydrogen-bond acceptors (Lipinski definition) is 3. The van der Waals surface area contributed by atoms with Crippen molar-refractivity contribution in [2.75, 3.05) is 6.54 Å². The van der Waals surface area contributed by atoms with Crippen molar-refractivity contribution < 1.29 is 0 Å². The van der Waals surface area contributed by atoms with Gasteiger partial charge >= 0.3 is 0 Å². The molecule has 0 aliphatic carbocycles. The van der Waals surface area contributed by atoms with Gasteiger partial charge in [0.05, 0.1) is 0 Å². The lowest BCUT2D eigenvalue weighted by Crippen LogP contribution is -2.37. The summed E-state index contributed by atoms with van der Waals surface area (Å²) in [4.78, 5) is 5.59. The monoisotopic (exact) mass is 294 g/mol. The van der Waals surface area contributed by atoms with Crippen LogP contribution in [0.25, 0.3) is 0 Å². The van der Waals surface area contributed by atoms with Crippen molar-refractivity contribution in [2.24, 2.45) is 0 Å². The molecule has 1 aromatic rings. The van der Waals surface area contributed by atoms with Crippen molar-refractivity contribution in [3.63, 3.8) is 0 Å². The van der Waals surface area contributed by atoms with E-state index in [1.807, 2.05) is 11.3 Å². The number of likely N-dealkylation sites (tertiary alicyclic amines) is 1. The largest absolute Gasteiger partial charge is 0.307 e. The molecule has 0 radical (unpaired) electrons. The lowest BCUT2D eigenvalue weighted by atomic mass is 10.0. The highest BCUT2D eigenvalue weighted by Crippen LogP contribution is 2.32. The predicted molar refractivity (Wildman–Crippen MR) is 89.4 cm³/mol. The van der Waals surface area contributed by atoms with Gasteiger partial charge in [-0.3, -0.25) is 4.90 Å². The fraction of sp³-hybridized carbons (Fsp3) is 0.765. The molecule has 0 amide bonds. The van der Waals surface area contributed by atoms with Crippen LogP contribution in [0.3, 0.4) is 0 Å². The lowest BCUT2D eigenvalue weighted by Gasteiger charge is -2.31. The van der Waals surface area contributed by atoms with Gasteiger partial charge in [-0.2, -0.15) is 0 Å². The smallest absolute Gasteiger partial charge is 0.0304 e. The molecule has 0 spiro atoms. The molecule has 0 bridgehead atoms. The summed E-state index contributed by atoms with van der Waals surface area (Å²) in [6.07, 6.45) is 2.67. The molecule has 114 valence electrons. The highest BCUT2D eigenvalue weighted by molar-refractivity contribution is 7.12. The van der Waals surface area contributed by atoms with Crippen LogP contribution >= 0.6 is 11.3 Å². The van der Waals surface area contributed by atoms with Gasteiger partial charge in [-0.1, -0.05) is 0 Å². The van der Waals surface area contributed by atoms with Gasteiger partial charge in [0.2, 0.25) is 0 Å². The fourth-order valence-electron chi connectivity index (χ4n) is 2.85. The zero-order valence-electron chi connectivity index (χ0n) is 14.0. The Kier molecular flexibility index (Phi) is 4.63. The fourth-order valence-corrected chi connectivity index (χ4v) is 3.84. The maximum atomic E-state index is 3.59. The summed E-state index contributed by atoms with van der Waals surface area (Å²) in [6.45, 7) is 17.0. The summed E-state index contributed by atoms with van der Waals surface area (Å²) in [6, 6.07) is 2.41. The van der Waals surface area contributed by atoms with E-state index in [1.54, 1.807) is 0 Å². The van der Waals surface area contributed by atoms with Crippen LogP contribution in [0.1, 0.15) is 62.8 Å². The molecule has 1 fully saturated rings. The van der Waals surface area contributed by atoms with E-state index in [0.29, 0.717) is 5.54 Å². The first kappa shape index (κ1) is 16.0. The average molecular weight is 295 g/mol. The van der Waals surface area contributed by atoms with Crippen LogP contribution < -0.4 is 5.32 Å². The first-order valence-corrected chi connectivity index (χ1v) is 8.57. The third-order valence-corrected chi connectivity index (χ3v) is 5.39. The molecule has 2 rings (SSSR count). The van der Waals surface area contributed by atoms with Gasteiger partial charge in [0.1, 0.15) is 0 Å². The van der Waals surface area contributed by atoms with Crippen molar-refractivity contribution in [3.05, 3.63) is 21.4 Å². The Hall–Kier alpha value is -0.380. The number of hydrogen-bond donors (Lipinski definition) is 1. The number of thiophene rings is 1. The SMILES string of the molecule is Cc1sc(CNC(C)(C)C)cc1CN1CCCC1(C)C. The number of rotatable bonds is 4. The van der Waals surface area contributed by atoms with Crippen LogP contribution in [0.4, 0.5) is 0 Å². The van der Waals surface area contributed by atoms with Crippen molar-refractivity contribution in [3.8, 4) is 0 Å². The van der Waals surface area contributed by atoms with Gasteiger partial charge in [-0.05, 0) is 72.6 Å². The summed E-state index contributed by atoms with van der Waals surface area (Å²) < 4.78 is 0. The third-order valence-electron chi connectivity index (χ3n) is 4.30. The summed E-state index contributed by atoms with van der Waals surface area (Å²) in [7, 11) is 0. The van der Waals surface area contributed by atoms with Crippen LogP contribution in [0.5, 0.6) is 0 Å². The van der Waals surface area contributed by atoms with E-state index < -0.39 is 0 Å². The lowest BCUT2D eigenvalue weighted by molar-refractivity contribution is 0.166. The van der Waals surface area contributed by atoms with E-state index in [9.17, 15) is 0 Å². The Morgan fingerprint density at radius 3 is 2.60 bits per heavy atom. The molecule has 0 aromatic carbocycles. The standard InChI is InChI=1S/C17H30N2S/c1-13-14(12-19-9-7-8-17(19,5)6)10-15(20-13)11-18-16(2,3)4/h10,18H,7-9,11-12H2,1-6H3. The van der Waals surface area contributed by atoms with Gasteiger partial charge in [0.15, 0.2) is 0 Å². The maximum Gasteiger partial charge on any atom is 0.0304 e. The Morgan fingerprint density at radius 1 is 1.35 bits per heavy atom. The van der Waals surface area contributed by atoms with Crippen molar-refractivity contribution in [1.29, 1.82) is 0 Å². The molecule has 2 heterocycles. The highest BCUT2D eigenvalue weighted by Gasteiger charge is 2.32. The summed E-state index contributed by atoms with van der Waals surface area (Å²) in [5, 5.41) is 3.59. The van der Waals surface area contributed by atoms with Crippen LogP contribution in [-0.2, 0) is 13.1 Å². The molecule has 1 N–H and O–H groups in total. The molecular weight excluding hydrogens is 264 g/mol. The second-order valence-electron chi connectivity index (χ2n) is 7.74. The van der Waals surface area contributed by atoms with Crippen molar-refractivity contribution in [2.45, 2.75) is 78.6 Å². The Balaban J connectivity index is 2.01. The molecule has 1 aliphatic rings. The van der Waals surface area contributed by atoms with Gasteiger partial charge in [-0.25, -0.2) is 0 Å². The van der Waals surface area contributed by atoms with Crippen LogP contribution in [0.2, 0.25) is 0 Å². The third kappa shape index (κ3) is 4.06. The minimum absolute atomic E-state index is 0.189. The number of nitrogens with one attached hydrogen (secondary N) is 1. The second-order valence-corrected chi connectivity index (χ2v) is 9.08. The quantitative estimate of drug-likeness (QED) is 0.889. The van der Waals surface area contributed by atoms with Crippen molar-refractivity contribution in [1.82, 2.24) is 10.2 Å². The zero-order chi connectivity index (χ0) is 15.0. The first-order chi connectivity index (χ1) is 9.17. The molecular formula is C17H30N2S. The average Bonchev–Trinajstić information content (AvgIpc) is 2.80. The molecule has 1 aliphatic heterocycles. The van der Waals surface area contributed by atoms with E-state index in [-0.39, 0.29) is 5.54 Å². The second kappa shape index (κ2) is 5.78.